The van der Waals surface area contributed by atoms with Crippen molar-refractivity contribution >= 4 is 17.7 Å². The van der Waals surface area contributed by atoms with Gasteiger partial charge < -0.3 is 4.90 Å². The number of likely N-dealkylation sites (tertiary alicyclic amines) is 2. The number of carbonyl (C=O) groups excluding carboxylic acids is 3. The van der Waals surface area contributed by atoms with E-state index in [4.69, 9.17) is 0 Å². The zero-order valence-corrected chi connectivity index (χ0v) is 13.8. The molecule has 2 bridgehead atoms. The summed E-state index contributed by atoms with van der Waals surface area (Å²) in [6, 6.07) is 0.382. The molecule has 5 heteroatoms. The molecule has 4 rings (SSSR count). The second kappa shape index (κ2) is 5.18. The van der Waals surface area contributed by atoms with Crippen molar-refractivity contribution in [1.29, 1.82) is 0 Å². The predicted octanol–water partition coefficient (Wildman–Crippen LogP) is 1.58. The van der Waals surface area contributed by atoms with Crippen LogP contribution in [-0.2, 0) is 14.4 Å². The van der Waals surface area contributed by atoms with Gasteiger partial charge in [0.05, 0.1) is 11.8 Å². The largest absolute Gasteiger partial charge is 0.336 e. The fraction of sp³-hybridized carbons (Fsp3) is 0.722. The first-order valence-corrected chi connectivity index (χ1v) is 8.83. The molecule has 0 radical (unpaired) electrons. The number of fused-ring (bicyclic) bond motifs is 5. The Morgan fingerprint density at radius 2 is 1.57 bits per heavy atom. The summed E-state index contributed by atoms with van der Waals surface area (Å²) in [5, 5.41) is 0. The lowest BCUT2D eigenvalue weighted by molar-refractivity contribution is -0.149. The second-order valence-electron chi connectivity index (χ2n) is 7.69. The minimum atomic E-state index is -0.207. The summed E-state index contributed by atoms with van der Waals surface area (Å²) < 4.78 is 0. The molecule has 4 aliphatic rings. The molecule has 0 aromatic rings. The van der Waals surface area contributed by atoms with Crippen LogP contribution in [0.15, 0.2) is 12.2 Å². The Balaban J connectivity index is 1.50. The van der Waals surface area contributed by atoms with Crippen LogP contribution in [-0.4, -0.2) is 46.1 Å². The van der Waals surface area contributed by atoms with Crippen molar-refractivity contribution in [2.45, 2.75) is 51.6 Å². The van der Waals surface area contributed by atoms with Gasteiger partial charge in [0.1, 0.15) is 6.54 Å². The van der Waals surface area contributed by atoms with Gasteiger partial charge >= 0.3 is 0 Å². The Bertz CT molecular complexity index is 559. The van der Waals surface area contributed by atoms with Gasteiger partial charge in [0, 0.05) is 12.1 Å². The molecular weight excluding hydrogens is 292 g/mol. The maximum atomic E-state index is 12.7. The van der Waals surface area contributed by atoms with Gasteiger partial charge in [-0.25, -0.2) is 0 Å². The molecule has 2 heterocycles. The number of rotatable bonds is 2. The van der Waals surface area contributed by atoms with Crippen molar-refractivity contribution in [2.24, 2.45) is 23.7 Å². The van der Waals surface area contributed by atoms with Crippen molar-refractivity contribution in [1.82, 2.24) is 9.80 Å². The summed E-state index contributed by atoms with van der Waals surface area (Å²) in [5.74, 6) is -0.330. The summed E-state index contributed by atoms with van der Waals surface area (Å²) >= 11 is 0. The second-order valence-corrected chi connectivity index (χ2v) is 7.69. The Morgan fingerprint density at radius 1 is 1.04 bits per heavy atom. The quantitative estimate of drug-likeness (QED) is 0.574. The smallest absolute Gasteiger partial charge is 0.243 e. The van der Waals surface area contributed by atoms with E-state index < -0.39 is 0 Å². The molecule has 5 nitrogen and oxygen atoms in total. The summed E-state index contributed by atoms with van der Waals surface area (Å²) in [6.07, 6.45) is 8.21. The third-order valence-electron chi connectivity index (χ3n) is 6.34. The molecule has 0 aromatic carbocycles. The number of imide groups is 1. The van der Waals surface area contributed by atoms with E-state index in [1.165, 1.54) is 4.90 Å². The Labute approximate surface area is 136 Å². The molecule has 3 fully saturated rings. The molecule has 2 aliphatic heterocycles. The Hall–Kier alpha value is -1.65. The molecule has 0 unspecified atom stereocenters. The van der Waals surface area contributed by atoms with Gasteiger partial charge in [-0.15, -0.1) is 0 Å². The molecule has 23 heavy (non-hydrogen) atoms. The first-order valence-electron chi connectivity index (χ1n) is 8.83. The fourth-order valence-corrected chi connectivity index (χ4v) is 5.25. The highest BCUT2D eigenvalue weighted by atomic mass is 16.2. The highest BCUT2D eigenvalue weighted by Crippen LogP contribution is 2.52. The first kappa shape index (κ1) is 14.9. The van der Waals surface area contributed by atoms with Crippen LogP contribution in [0.2, 0.25) is 0 Å². The van der Waals surface area contributed by atoms with Gasteiger partial charge in [0.2, 0.25) is 17.7 Å². The molecular formula is C18H24N2O3. The average Bonchev–Trinajstić information content (AvgIpc) is 3.17. The van der Waals surface area contributed by atoms with E-state index >= 15 is 0 Å². The van der Waals surface area contributed by atoms with Crippen molar-refractivity contribution in [3.63, 3.8) is 0 Å². The maximum absolute atomic E-state index is 12.7. The zero-order chi connectivity index (χ0) is 16.3. The molecule has 3 amide bonds. The normalized spacial score (nSPS) is 41.8. The van der Waals surface area contributed by atoms with Crippen LogP contribution in [0, 0.1) is 23.7 Å². The summed E-state index contributed by atoms with van der Waals surface area (Å²) in [4.78, 5) is 41.2. The lowest BCUT2D eigenvalue weighted by Gasteiger charge is -2.39. The molecule has 2 saturated heterocycles. The number of amides is 3. The zero-order valence-electron chi connectivity index (χ0n) is 13.8. The fourth-order valence-electron chi connectivity index (χ4n) is 5.25. The van der Waals surface area contributed by atoms with E-state index in [-0.39, 0.29) is 60.0 Å². The summed E-state index contributed by atoms with van der Waals surface area (Å²) in [7, 11) is 0. The number of piperidine rings is 1. The maximum Gasteiger partial charge on any atom is 0.243 e. The van der Waals surface area contributed by atoms with Crippen LogP contribution in [0.4, 0.5) is 0 Å². The van der Waals surface area contributed by atoms with Crippen molar-refractivity contribution in [2.75, 3.05) is 6.54 Å². The van der Waals surface area contributed by atoms with Crippen LogP contribution >= 0.6 is 0 Å². The molecule has 1 saturated carbocycles. The minimum absolute atomic E-state index is 0.0706. The third-order valence-corrected chi connectivity index (χ3v) is 6.34. The van der Waals surface area contributed by atoms with Crippen LogP contribution in [0.5, 0.6) is 0 Å². The van der Waals surface area contributed by atoms with Crippen LogP contribution in [0.3, 0.4) is 0 Å². The van der Waals surface area contributed by atoms with Crippen molar-refractivity contribution < 1.29 is 14.4 Å². The van der Waals surface area contributed by atoms with Crippen molar-refractivity contribution in [3.05, 3.63) is 12.2 Å². The molecule has 0 spiro atoms. The molecule has 0 aromatic heterocycles. The lowest BCUT2D eigenvalue weighted by atomic mass is 9.85. The lowest BCUT2D eigenvalue weighted by Crippen LogP contribution is -2.52. The number of nitrogens with zero attached hydrogens (tertiary/aromatic N) is 2. The van der Waals surface area contributed by atoms with Crippen LogP contribution < -0.4 is 0 Å². The average molecular weight is 316 g/mol. The highest BCUT2D eigenvalue weighted by Gasteiger charge is 2.59. The monoisotopic (exact) mass is 316 g/mol. The molecule has 6 atom stereocenters. The van der Waals surface area contributed by atoms with Gasteiger partial charge in [-0.2, -0.15) is 0 Å². The number of hydrogen-bond acceptors (Lipinski definition) is 3. The third kappa shape index (κ3) is 2.08. The van der Waals surface area contributed by atoms with E-state index in [1.807, 2.05) is 4.90 Å². The predicted molar refractivity (Wildman–Crippen MR) is 84.1 cm³/mol. The van der Waals surface area contributed by atoms with E-state index in [2.05, 4.69) is 26.0 Å². The van der Waals surface area contributed by atoms with Crippen LogP contribution in [0.1, 0.15) is 39.5 Å². The van der Waals surface area contributed by atoms with E-state index in [0.717, 1.165) is 25.7 Å². The van der Waals surface area contributed by atoms with E-state index in [1.54, 1.807) is 0 Å². The highest BCUT2D eigenvalue weighted by molar-refractivity contribution is 6.08. The number of carbonyl (C=O) groups is 3. The summed E-state index contributed by atoms with van der Waals surface area (Å²) in [5.41, 5.74) is 0. The van der Waals surface area contributed by atoms with Gasteiger partial charge in [0.25, 0.3) is 0 Å². The SMILES string of the molecule is C[C@@H]1CCC[C@H](C)N1C(=O)CN1C(=O)[C@@H]2[C@@H](C1=O)[C@H]1C=C[C@H]2C1. The van der Waals surface area contributed by atoms with Gasteiger partial charge in [-0.1, -0.05) is 12.2 Å². The topological polar surface area (TPSA) is 57.7 Å². The number of allylic oxidation sites excluding steroid dienone is 2. The number of hydrogen-bond donors (Lipinski definition) is 0. The minimum Gasteiger partial charge on any atom is -0.336 e. The summed E-state index contributed by atoms with van der Waals surface area (Å²) in [6.45, 7) is 4.04. The van der Waals surface area contributed by atoms with Crippen molar-refractivity contribution in [3.8, 4) is 0 Å². The molecule has 0 N–H and O–H groups in total. The Kier molecular flexibility index (Phi) is 3.36. The molecule has 124 valence electrons. The van der Waals surface area contributed by atoms with E-state index in [9.17, 15) is 14.4 Å². The van der Waals surface area contributed by atoms with Gasteiger partial charge in [-0.05, 0) is 51.4 Å². The van der Waals surface area contributed by atoms with Gasteiger partial charge in [0.15, 0.2) is 0 Å². The Morgan fingerprint density at radius 3 is 2.09 bits per heavy atom. The van der Waals surface area contributed by atoms with Gasteiger partial charge in [-0.3, -0.25) is 19.3 Å². The van der Waals surface area contributed by atoms with E-state index in [0.29, 0.717) is 0 Å². The van der Waals surface area contributed by atoms with Crippen LogP contribution in [0.25, 0.3) is 0 Å². The first-order chi connectivity index (χ1) is 11.0. The molecule has 2 aliphatic carbocycles. The standard InChI is InChI=1S/C18H24N2O3/c1-10-4-3-5-11(2)20(10)14(21)9-19-17(22)15-12-6-7-13(8-12)16(15)18(19)23/h6-7,10-13,15-16H,3-5,8-9H2,1-2H3/t10-,11+,12-,13-,15-,16-/m0/s1.